The molecule has 0 saturated carbocycles. The first-order valence-electron chi connectivity index (χ1n) is 8.20. The highest BCUT2D eigenvalue weighted by atomic mass is 28.1. The summed E-state index contributed by atoms with van der Waals surface area (Å²) in [5.74, 6) is 0. The number of hydrogen-bond donors (Lipinski definition) is 0. The van der Waals surface area contributed by atoms with Gasteiger partial charge in [0.2, 0.25) is 0 Å². The molecule has 0 aliphatic heterocycles. The van der Waals surface area contributed by atoms with Gasteiger partial charge >= 0.3 is 0 Å². The van der Waals surface area contributed by atoms with Crippen molar-refractivity contribution >= 4 is 38.1 Å². The Morgan fingerprint density at radius 2 is 1.38 bits per heavy atom. The molecule has 0 aliphatic carbocycles. The Kier molecular flexibility index (Phi) is 5.39. The molecule has 2 aromatic rings. The van der Waals surface area contributed by atoms with Crippen molar-refractivity contribution in [2.24, 2.45) is 0 Å². The molecule has 0 saturated heterocycles. The molecule has 0 fully saturated rings. The van der Waals surface area contributed by atoms with Gasteiger partial charge in [-0.3, -0.25) is 0 Å². The van der Waals surface area contributed by atoms with Crippen molar-refractivity contribution in [1.82, 2.24) is 0 Å². The number of anilines is 3. The highest BCUT2D eigenvalue weighted by Gasteiger charge is 2.21. The maximum atomic E-state index is 4.42. The van der Waals surface area contributed by atoms with E-state index in [9.17, 15) is 0 Å². The van der Waals surface area contributed by atoms with Gasteiger partial charge in [0.15, 0.2) is 0 Å². The molecule has 0 amide bonds. The molecule has 2 aromatic carbocycles. The van der Waals surface area contributed by atoms with Gasteiger partial charge < -0.3 is 14.7 Å². The monoisotopic (exact) mass is 339 g/mol. The molecule has 128 valence electrons. The van der Waals surface area contributed by atoms with E-state index in [4.69, 9.17) is 0 Å². The zero-order valence-electron chi connectivity index (χ0n) is 16.0. The molecular formula is C20H29N3Si. The van der Waals surface area contributed by atoms with Crippen LogP contribution in [0.2, 0.25) is 0 Å². The Hall–Kier alpha value is -2.20. The molecule has 0 spiro atoms. The molecule has 0 atom stereocenters. The average Bonchev–Trinajstić information content (AvgIpc) is 2.53. The summed E-state index contributed by atoms with van der Waals surface area (Å²) in [4.78, 5) is 6.64. The molecule has 0 heterocycles. The van der Waals surface area contributed by atoms with Crippen LogP contribution in [0.3, 0.4) is 0 Å². The predicted molar refractivity (Wildman–Crippen MR) is 114 cm³/mol. The minimum atomic E-state index is 0.991. The summed E-state index contributed by atoms with van der Waals surface area (Å²) in [5, 5.41) is 1.42. The van der Waals surface area contributed by atoms with E-state index in [1.165, 1.54) is 27.8 Å². The fraction of sp³-hybridized carbons (Fsp3) is 0.300. The van der Waals surface area contributed by atoms with Crippen molar-refractivity contribution in [3.63, 3.8) is 0 Å². The quantitative estimate of drug-likeness (QED) is 0.771. The average molecular weight is 340 g/mol. The summed E-state index contributed by atoms with van der Waals surface area (Å²) in [7, 11) is 13.7. The molecule has 2 rings (SSSR count). The molecule has 0 aliphatic rings. The van der Waals surface area contributed by atoms with Gasteiger partial charge in [-0.05, 0) is 22.4 Å². The fourth-order valence-electron chi connectivity index (χ4n) is 3.23. The smallest absolute Gasteiger partial charge is 0.0678 e. The third-order valence-corrected chi connectivity index (χ3v) is 5.31. The largest absolute Gasteiger partial charge is 0.378 e. The minimum Gasteiger partial charge on any atom is -0.378 e. The number of benzene rings is 2. The van der Waals surface area contributed by atoms with E-state index >= 15 is 0 Å². The Morgan fingerprint density at radius 3 is 1.83 bits per heavy atom. The predicted octanol–water partition coefficient (Wildman–Crippen LogP) is 1.94. The van der Waals surface area contributed by atoms with Crippen LogP contribution in [0.4, 0.5) is 17.1 Å². The standard InChI is InChI=1S/C20H29N3Si/c1-14(15-11-9-8-10-12-15)16-13-17(21(2)3)20(24)19(23(6)7)18(16)22(4)5/h8-13H,1H2,2-7,24H3. The molecule has 3 nitrogen and oxygen atoms in total. The van der Waals surface area contributed by atoms with Crippen LogP contribution in [-0.4, -0.2) is 52.5 Å². The second kappa shape index (κ2) is 7.14. The van der Waals surface area contributed by atoms with Crippen LogP contribution < -0.4 is 19.9 Å². The van der Waals surface area contributed by atoms with E-state index in [0.29, 0.717) is 0 Å². The Morgan fingerprint density at radius 1 is 0.833 bits per heavy atom. The van der Waals surface area contributed by atoms with Gasteiger partial charge in [0.25, 0.3) is 0 Å². The van der Waals surface area contributed by atoms with Gasteiger partial charge in [-0.15, -0.1) is 0 Å². The summed E-state index contributed by atoms with van der Waals surface area (Å²) < 4.78 is 0. The number of nitrogens with zero attached hydrogens (tertiary/aromatic N) is 3. The van der Waals surface area contributed by atoms with Gasteiger partial charge in [0.05, 0.1) is 11.4 Å². The van der Waals surface area contributed by atoms with Crippen molar-refractivity contribution in [2.75, 3.05) is 57.0 Å². The molecule has 0 aromatic heterocycles. The number of hydrogen-bond acceptors (Lipinski definition) is 3. The van der Waals surface area contributed by atoms with Crippen LogP contribution in [0.1, 0.15) is 11.1 Å². The summed E-state index contributed by atoms with van der Waals surface area (Å²) in [6, 6.07) is 12.7. The lowest BCUT2D eigenvalue weighted by Gasteiger charge is -2.31. The molecular weight excluding hydrogens is 310 g/mol. The number of rotatable bonds is 5. The first-order valence-corrected chi connectivity index (χ1v) is 9.20. The lowest BCUT2D eigenvalue weighted by Crippen LogP contribution is -2.29. The Labute approximate surface area is 149 Å². The summed E-state index contributed by atoms with van der Waals surface area (Å²) in [6.45, 7) is 4.42. The Bertz CT molecular complexity index is 734. The van der Waals surface area contributed by atoms with Gasteiger partial charge in [0.1, 0.15) is 0 Å². The topological polar surface area (TPSA) is 9.72 Å². The van der Waals surface area contributed by atoms with E-state index in [1.807, 2.05) is 6.07 Å². The lowest BCUT2D eigenvalue weighted by molar-refractivity contribution is 1.07. The maximum absolute atomic E-state index is 4.42. The van der Waals surface area contributed by atoms with Crippen LogP contribution in [0, 0.1) is 0 Å². The van der Waals surface area contributed by atoms with Crippen LogP contribution in [0.15, 0.2) is 43.0 Å². The van der Waals surface area contributed by atoms with Gasteiger partial charge in [-0.1, -0.05) is 36.9 Å². The Balaban J connectivity index is 2.80. The third-order valence-electron chi connectivity index (χ3n) is 4.32. The summed E-state index contributed by atoms with van der Waals surface area (Å²) >= 11 is 0. The van der Waals surface area contributed by atoms with Crippen molar-refractivity contribution in [3.8, 4) is 0 Å². The highest BCUT2D eigenvalue weighted by Crippen LogP contribution is 2.38. The molecule has 0 N–H and O–H groups in total. The molecule has 4 heteroatoms. The summed E-state index contributed by atoms with van der Waals surface area (Å²) in [5.41, 5.74) is 7.24. The van der Waals surface area contributed by atoms with E-state index in [1.54, 1.807) is 0 Å². The van der Waals surface area contributed by atoms with E-state index < -0.39 is 0 Å². The highest BCUT2D eigenvalue weighted by molar-refractivity contribution is 6.41. The van der Waals surface area contributed by atoms with Crippen molar-refractivity contribution in [2.45, 2.75) is 0 Å². The zero-order chi connectivity index (χ0) is 18.0. The van der Waals surface area contributed by atoms with Crippen LogP contribution in [-0.2, 0) is 0 Å². The van der Waals surface area contributed by atoms with Crippen LogP contribution in [0.25, 0.3) is 5.57 Å². The fourth-order valence-corrected chi connectivity index (χ4v) is 4.50. The van der Waals surface area contributed by atoms with Crippen molar-refractivity contribution in [1.29, 1.82) is 0 Å². The maximum Gasteiger partial charge on any atom is 0.0678 e. The lowest BCUT2D eigenvalue weighted by atomic mass is 9.95. The van der Waals surface area contributed by atoms with E-state index in [0.717, 1.165) is 21.4 Å². The SMILES string of the molecule is C=C(c1ccccc1)c1cc(N(C)C)c([SiH3])c(N(C)C)c1N(C)C. The summed E-state index contributed by atoms with van der Waals surface area (Å²) in [6.07, 6.45) is 0. The van der Waals surface area contributed by atoms with E-state index in [-0.39, 0.29) is 0 Å². The first kappa shape index (κ1) is 18.1. The van der Waals surface area contributed by atoms with Gasteiger partial charge in [-0.25, -0.2) is 0 Å². The first-order chi connectivity index (χ1) is 11.3. The van der Waals surface area contributed by atoms with E-state index in [2.05, 4.69) is 93.9 Å². The molecule has 0 radical (unpaired) electrons. The minimum absolute atomic E-state index is 0.991. The second-order valence-corrected chi connectivity index (χ2v) is 7.79. The molecule has 0 bridgehead atoms. The normalized spacial score (nSPS) is 10.6. The van der Waals surface area contributed by atoms with Crippen LogP contribution in [0.5, 0.6) is 0 Å². The van der Waals surface area contributed by atoms with Gasteiger partial charge in [-0.2, -0.15) is 0 Å². The third kappa shape index (κ3) is 3.34. The van der Waals surface area contributed by atoms with Crippen LogP contribution >= 0.6 is 0 Å². The molecule has 24 heavy (non-hydrogen) atoms. The van der Waals surface area contributed by atoms with Gasteiger partial charge in [0, 0.05) is 63.8 Å². The van der Waals surface area contributed by atoms with Crippen molar-refractivity contribution in [3.05, 3.63) is 54.1 Å². The zero-order valence-corrected chi connectivity index (χ0v) is 18.0. The second-order valence-electron chi connectivity index (χ2n) is 6.79. The van der Waals surface area contributed by atoms with Crippen molar-refractivity contribution < 1.29 is 0 Å². The molecule has 0 unspecified atom stereocenters.